The fourth-order valence-electron chi connectivity index (χ4n) is 2.68. The Morgan fingerprint density at radius 1 is 1.11 bits per heavy atom. The summed E-state index contributed by atoms with van der Waals surface area (Å²) in [7, 11) is 0. The Labute approximate surface area is 153 Å². The zero-order valence-electron chi connectivity index (χ0n) is 14.9. The second-order valence-electron chi connectivity index (χ2n) is 5.77. The van der Waals surface area contributed by atoms with Crippen LogP contribution in [0.5, 0.6) is 0 Å². The summed E-state index contributed by atoms with van der Waals surface area (Å²) in [4.78, 5) is 49.3. The van der Waals surface area contributed by atoms with Gasteiger partial charge in [0.25, 0.3) is 5.91 Å². The molecule has 2 rings (SSSR count). The average Bonchev–Trinajstić information content (AvgIpc) is 3.06. The molecule has 0 aliphatic carbocycles. The predicted molar refractivity (Wildman–Crippen MR) is 86.8 cm³/mol. The van der Waals surface area contributed by atoms with Gasteiger partial charge in [0.05, 0.1) is 6.33 Å². The summed E-state index contributed by atoms with van der Waals surface area (Å²) in [5.41, 5.74) is 10.9. The third-order valence-electron chi connectivity index (χ3n) is 3.68. The maximum absolute atomic E-state index is 11.5. The molecule has 12 nitrogen and oxygen atoms in total. The highest BCUT2D eigenvalue weighted by Gasteiger charge is 2.51. The summed E-state index contributed by atoms with van der Waals surface area (Å²) < 4.78 is 22.4. The molecule has 1 aliphatic heterocycles. The Hall–Kier alpha value is -3.15. The number of anilines is 1. The molecular weight excluding hydrogens is 364 g/mol. The Morgan fingerprint density at radius 2 is 1.70 bits per heavy atom. The van der Waals surface area contributed by atoms with E-state index in [0.717, 1.165) is 13.8 Å². The van der Waals surface area contributed by atoms with Crippen molar-refractivity contribution in [3.63, 3.8) is 0 Å². The van der Waals surface area contributed by atoms with E-state index in [-0.39, 0.29) is 18.1 Å². The van der Waals surface area contributed by atoms with Crippen LogP contribution in [0.2, 0.25) is 0 Å². The molecular formula is C15H20N4O8. The SMILES string of the molecule is CC(=O)OC[C@@H]1O[C@H](n2cnc(C(N)=O)c2N)[C@@H](OC(C)=O)[C@@H]1OC(C)=O. The van der Waals surface area contributed by atoms with Crippen molar-refractivity contribution in [2.45, 2.75) is 45.3 Å². The average molecular weight is 384 g/mol. The van der Waals surface area contributed by atoms with Crippen LogP contribution < -0.4 is 11.5 Å². The summed E-state index contributed by atoms with van der Waals surface area (Å²) in [6.07, 6.45) is -3.10. The van der Waals surface area contributed by atoms with Gasteiger partial charge in [-0.15, -0.1) is 0 Å². The van der Waals surface area contributed by atoms with Crippen LogP contribution >= 0.6 is 0 Å². The van der Waals surface area contributed by atoms with E-state index in [1.807, 2.05) is 0 Å². The van der Waals surface area contributed by atoms with E-state index >= 15 is 0 Å². The smallest absolute Gasteiger partial charge is 0.303 e. The van der Waals surface area contributed by atoms with Crippen molar-refractivity contribution in [3.8, 4) is 0 Å². The van der Waals surface area contributed by atoms with Crippen LogP contribution in [0.1, 0.15) is 37.5 Å². The number of carbonyl (C=O) groups excluding carboxylic acids is 4. The number of rotatable bonds is 6. The molecule has 1 fully saturated rings. The topological polar surface area (TPSA) is 175 Å². The van der Waals surface area contributed by atoms with Crippen molar-refractivity contribution in [2.24, 2.45) is 5.73 Å². The molecule has 0 aromatic carbocycles. The Bertz CT molecular complexity index is 761. The molecule has 0 bridgehead atoms. The number of nitrogens with two attached hydrogens (primary N) is 2. The quantitative estimate of drug-likeness (QED) is 0.451. The first-order chi connectivity index (χ1) is 12.6. The van der Waals surface area contributed by atoms with E-state index < -0.39 is 48.4 Å². The standard InChI is InChI=1S/C15H20N4O8/c1-6(20)24-4-9-11(25-7(2)21)12(26-8(3)22)15(27-9)19-5-18-10(13(19)16)14(17)23/h5,9,11-12,15H,4,16H2,1-3H3,(H2,17,23)/t9-,11+,12-,15-/m0/s1. The van der Waals surface area contributed by atoms with Gasteiger partial charge in [0.1, 0.15) is 18.5 Å². The lowest BCUT2D eigenvalue weighted by atomic mass is 10.1. The molecule has 0 unspecified atom stereocenters. The maximum atomic E-state index is 11.5. The second kappa shape index (κ2) is 8.03. The molecule has 12 heteroatoms. The van der Waals surface area contributed by atoms with Gasteiger partial charge in [-0.25, -0.2) is 4.98 Å². The molecule has 1 aliphatic rings. The highest BCUT2D eigenvalue weighted by Crippen LogP contribution is 2.36. The van der Waals surface area contributed by atoms with Crippen molar-refractivity contribution >= 4 is 29.6 Å². The Balaban J connectivity index is 2.41. The lowest BCUT2D eigenvalue weighted by Gasteiger charge is -2.24. The zero-order valence-corrected chi connectivity index (χ0v) is 14.9. The highest BCUT2D eigenvalue weighted by atomic mass is 16.7. The highest BCUT2D eigenvalue weighted by molar-refractivity contribution is 5.95. The summed E-state index contributed by atoms with van der Waals surface area (Å²) in [5.74, 6) is -2.90. The minimum absolute atomic E-state index is 0.126. The van der Waals surface area contributed by atoms with Gasteiger partial charge in [-0.2, -0.15) is 0 Å². The molecule has 2 heterocycles. The van der Waals surface area contributed by atoms with E-state index in [9.17, 15) is 19.2 Å². The van der Waals surface area contributed by atoms with Crippen molar-refractivity contribution in [3.05, 3.63) is 12.0 Å². The van der Waals surface area contributed by atoms with Crippen LogP contribution in [-0.2, 0) is 33.3 Å². The van der Waals surface area contributed by atoms with Gasteiger partial charge in [-0.3, -0.25) is 23.7 Å². The molecule has 148 valence electrons. The summed E-state index contributed by atoms with van der Waals surface area (Å²) in [6.45, 7) is 3.26. The number of nitrogens with zero attached hydrogens (tertiary/aromatic N) is 2. The van der Waals surface area contributed by atoms with Crippen molar-refractivity contribution in [1.29, 1.82) is 0 Å². The number of nitrogen functional groups attached to an aromatic ring is 1. The van der Waals surface area contributed by atoms with Crippen LogP contribution in [0.25, 0.3) is 0 Å². The molecule has 0 saturated carbocycles. The molecule has 0 spiro atoms. The molecule has 4 atom stereocenters. The van der Waals surface area contributed by atoms with Gasteiger partial charge in [0, 0.05) is 20.8 Å². The number of carbonyl (C=O) groups is 4. The first-order valence-corrected chi connectivity index (χ1v) is 7.87. The normalized spacial score (nSPS) is 24.3. The first kappa shape index (κ1) is 20.2. The number of hydrogen-bond acceptors (Lipinski definition) is 10. The largest absolute Gasteiger partial charge is 0.463 e. The zero-order chi connectivity index (χ0) is 20.3. The maximum Gasteiger partial charge on any atom is 0.303 e. The van der Waals surface area contributed by atoms with Crippen molar-refractivity contribution < 1.29 is 38.1 Å². The van der Waals surface area contributed by atoms with Crippen molar-refractivity contribution in [1.82, 2.24) is 9.55 Å². The van der Waals surface area contributed by atoms with Crippen LogP contribution in [-0.4, -0.2) is 58.3 Å². The molecule has 1 aromatic rings. The number of ether oxygens (including phenoxy) is 4. The van der Waals surface area contributed by atoms with Gasteiger partial charge >= 0.3 is 17.9 Å². The van der Waals surface area contributed by atoms with Crippen LogP contribution in [0, 0.1) is 0 Å². The van der Waals surface area contributed by atoms with E-state index in [0.29, 0.717) is 0 Å². The van der Waals surface area contributed by atoms with Gasteiger partial charge in [-0.05, 0) is 0 Å². The third kappa shape index (κ3) is 4.53. The third-order valence-corrected chi connectivity index (χ3v) is 3.68. The van der Waals surface area contributed by atoms with Crippen LogP contribution in [0.3, 0.4) is 0 Å². The van der Waals surface area contributed by atoms with Gasteiger partial charge in [0.15, 0.2) is 24.1 Å². The van der Waals surface area contributed by atoms with E-state index in [1.54, 1.807) is 0 Å². The summed E-state index contributed by atoms with van der Waals surface area (Å²) in [6, 6.07) is 0. The van der Waals surface area contributed by atoms with Gasteiger partial charge < -0.3 is 30.4 Å². The van der Waals surface area contributed by atoms with E-state index in [1.165, 1.54) is 17.8 Å². The predicted octanol–water partition coefficient (Wildman–Crippen LogP) is -1.11. The molecule has 1 amide bonds. The molecule has 0 radical (unpaired) electrons. The number of amides is 1. The number of imidazole rings is 1. The minimum atomic E-state index is -1.14. The fourth-order valence-corrected chi connectivity index (χ4v) is 2.68. The Morgan fingerprint density at radius 3 is 2.19 bits per heavy atom. The first-order valence-electron chi connectivity index (χ1n) is 7.87. The van der Waals surface area contributed by atoms with Gasteiger partial charge in [-0.1, -0.05) is 0 Å². The van der Waals surface area contributed by atoms with Crippen LogP contribution in [0.4, 0.5) is 5.82 Å². The Kier molecular flexibility index (Phi) is 6.00. The number of hydrogen-bond donors (Lipinski definition) is 2. The number of esters is 3. The number of primary amides is 1. The van der Waals surface area contributed by atoms with Gasteiger partial charge in [0.2, 0.25) is 0 Å². The minimum Gasteiger partial charge on any atom is -0.463 e. The molecule has 4 N–H and O–H groups in total. The lowest BCUT2D eigenvalue weighted by molar-refractivity contribution is -0.166. The van der Waals surface area contributed by atoms with E-state index in [4.69, 9.17) is 30.4 Å². The molecule has 1 aromatic heterocycles. The molecule has 1 saturated heterocycles. The van der Waals surface area contributed by atoms with Crippen LogP contribution in [0.15, 0.2) is 6.33 Å². The summed E-state index contributed by atoms with van der Waals surface area (Å²) >= 11 is 0. The van der Waals surface area contributed by atoms with E-state index in [2.05, 4.69) is 4.98 Å². The number of aromatic nitrogens is 2. The molecule has 27 heavy (non-hydrogen) atoms. The van der Waals surface area contributed by atoms with Crippen molar-refractivity contribution in [2.75, 3.05) is 12.3 Å². The summed E-state index contributed by atoms with van der Waals surface area (Å²) in [5, 5.41) is 0. The monoisotopic (exact) mass is 384 g/mol. The lowest BCUT2D eigenvalue weighted by Crippen LogP contribution is -2.40. The fraction of sp³-hybridized carbons (Fsp3) is 0.533. The second-order valence-corrected chi connectivity index (χ2v) is 5.77.